The van der Waals surface area contributed by atoms with Gasteiger partial charge in [0.2, 0.25) is 0 Å². The Morgan fingerprint density at radius 3 is 2.75 bits per heavy atom. The van der Waals surface area contributed by atoms with Crippen LogP contribution in [0.15, 0.2) is 0 Å². The highest BCUT2D eigenvalue weighted by atomic mass is 16.5. The lowest BCUT2D eigenvalue weighted by atomic mass is 10.1. The number of rotatable bonds is 4. The largest absolute Gasteiger partial charge is 0.465 e. The van der Waals surface area contributed by atoms with Crippen molar-refractivity contribution in [3.8, 4) is 0 Å². The van der Waals surface area contributed by atoms with Gasteiger partial charge in [-0.1, -0.05) is 0 Å². The first-order valence-electron chi connectivity index (χ1n) is 4.22. The Labute approximate surface area is 71.7 Å². The Balaban J connectivity index is 2.27. The van der Waals surface area contributed by atoms with Crippen molar-refractivity contribution in [1.29, 1.82) is 0 Å². The van der Waals surface area contributed by atoms with E-state index in [0.29, 0.717) is 13.0 Å². The van der Waals surface area contributed by atoms with Crippen molar-refractivity contribution in [3.05, 3.63) is 0 Å². The minimum atomic E-state index is -0.674. The summed E-state index contributed by atoms with van der Waals surface area (Å²) in [5.74, 6) is -0.419. The molecule has 1 aliphatic carbocycles. The first kappa shape index (κ1) is 9.48. The zero-order valence-corrected chi connectivity index (χ0v) is 7.25. The van der Waals surface area contributed by atoms with Crippen LogP contribution in [-0.2, 0) is 9.53 Å². The smallest absolute Gasteiger partial charge is 0.323 e. The van der Waals surface area contributed by atoms with E-state index in [1.54, 1.807) is 6.92 Å². The third-order valence-corrected chi connectivity index (χ3v) is 2.02. The maximum absolute atomic E-state index is 11.0. The van der Waals surface area contributed by atoms with Gasteiger partial charge < -0.3 is 15.6 Å². The third-order valence-electron chi connectivity index (χ3n) is 2.02. The van der Waals surface area contributed by atoms with E-state index >= 15 is 0 Å². The molecule has 0 radical (unpaired) electrons. The zero-order chi connectivity index (χ0) is 9.19. The molecule has 0 saturated heterocycles. The number of esters is 1. The second-order valence-electron chi connectivity index (χ2n) is 3.29. The first-order chi connectivity index (χ1) is 5.57. The van der Waals surface area contributed by atoms with Gasteiger partial charge in [-0.15, -0.1) is 0 Å². The highest BCUT2D eigenvalue weighted by molar-refractivity contribution is 5.75. The van der Waals surface area contributed by atoms with Crippen molar-refractivity contribution < 1.29 is 14.6 Å². The van der Waals surface area contributed by atoms with Crippen molar-refractivity contribution >= 4 is 5.97 Å². The monoisotopic (exact) mass is 173 g/mol. The molecular formula is C8H15NO3. The molecule has 4 heteroatoms. The highest BCUT2D eigenvalue weighted by Crippen LogP contribution is 2.38. The quantitative estimate of drug-likeness (QED) is 0.577. The Morgan fingerprint density at radius 2 is 2.33 bits per heavy atom. The van der Waals surface area contributed by atoms with Crippen molar-refractivity contribution in [2.75, 3.05) is 6.61 Å². The van der Waals surface area contributed by atoms with Gasteiger partial charge in [0.25, 0.3) is 0 Å². The molecule has 1 unspecified atom stereocenters. The molecule has 0 aliphatic heterocycles. The molecule has 1 rings (SSSR count). The third kappa shape index (κ3) is 2.46. The van der Waals surface area contributed by atoms with Crippen LogP contribution in [-0.4, -0.2) is 29.3 Å². The Morgan fingerprint density at radius 1 is 1.75 bits per heavy atom. The molecule has 0 bridgehead atoms. The van der Waals surface area contributed by atoms with Gasteiger partial charge in [0.15, 0.2) is 0 Å². The first-order valence-corrected chi connectivity index (χ1v) is 4.22. The van der Waals surface area contributed by atoms with Gasteiger partial charge in [0.05, 0.1) is 12.2 Å². The fraction of sp³-hybridized carbons (Fsp3) is 0.875. The molecule has 70 valence electrons. The van der Waals surface area contributed by atoms with E-state index in [9.17, 15) is 9.90 Å². The summed E-state index contributed by atoms with van der Waals surface area (Å²) in [7, 11) is 0. The number of nitrogens with two attached hydrogens (primary N) is 1. The Kier molecular flexibility index (Phi) is 2.69. The van der Waals surface area contributed by atoms with E-state index in [-0.39, 0.29) is 0 Å². The molecular weight excluding hydrogens is 158 g/mol. The number of ether oxygens (including phenoxy) is 1. The van der Waals surface area contributed by atoms with Crippen LogP contribution in [0.1, 0.15) is 26.2 Å². The zero-order valence-electron chi connectivity index (χ0n) is 7.25. The molecule has 1 aliphatic rings. The van der Waals surface area contributed by atoms with E-state index in [1.165, 1.54) is 0 Å². The Hall–Kier alpha value is -0.610. The molecule has 0 aromatic rings. The molecule has 1 fully saturated rings. The molecule has 0 spiro atoms. The van der Waals surface area contributed by atoms with Crippen molar-refractivity contribution in [3.63, 3.8) is 0 Å². The molecule has 4 nitrogen and oxygen atoms in total. The standard InChI is InChI=1S/C8H15NO3/c1-2-12-7(10)6(9)5-8(11)3-4-8/h6,11H,2-5,9H2,1H3. The molecule has 1 atom stereocenters. The summed E-state index contributed by atoms with van der Waals surface area (Å²) in [6.07, 6.45) is 1.83. The van der Waals surface area contributed by atoms with Gasteiger partial charge in [-0.05, 0) is 19.8 Å². The van der Waals surface area contributed by atoms with Crippen LogP contribution in [0, 0.1) is 0 Å². The van der Waals surface area contributed by atoms with E-state index in [4.69, 9.17) is 10.5 Å². The topological polar surface area (TPSA) is 72.5 Å². The number of hydrogen-bond donors (Lipinski definition) is 2. The molecule has 0 amide bonds. The van der Waals surface area contributed by atoms with Crippen LogP contribution in [0.4, 0.5) is 0 Å². The van der Waals surface area contributed by atoms with Crippen LogP contribution < -0.4 is 5.73 Å². The minimum absolute atomic E-state index is 0.325. The summed E-state index contributed by atoms with van der Waals surface area (Å²) < 4.78 is 4.70. The summed E-state index contributed by atoms with van der Waals surface area (Å²) in [6.45, 7) is 2.07. The fourth-order valence-electron chi connectivity index (χ4n) is 1.09. The molecule has 0 aromatic carbocycles. The van der Waals surface area contributed by atoms with Crippen LogP contribution in [0.2, 0.25) is 0 Å². The van der Waals surface area contributed by atoms with Gasteiger partial charge in [0.1, 0.15) is 6.04 Å². The number of carbonyl (C=O) groups excluding carboxylic acids is 1. The molecule has 0 heterocycles. The average Bonchev–Trinajstić information content (AvgIpc) is 2.68. The molecule has 1 saturated carbocycles. The summed E-state index contributed by atoms with van der Waals surface area (Å²) in [4.78, 5) is 11.0. The van der Waals surface area contributed by atoms with Gasteiger partial charge in [-0.3, -0.25) is 4.79 Å². The average molecular weight is 173 g/mol. The number of aliphatic hydroxyl groups is 1. The molecule has 0 aromatic heterocycles. The number of hydrogen-bond acceptors (Lipinski definition) is 4. The van der Waals surface area contributed by atoms with Gasteiger partial charge >= 0.3 is 5.97 Å². The normalized spacial score (nSPS) is 21.6. The van der Waals surface area contributed by atoms with E-state index in [2.05, 4.69) is 0 Å². The Bertz CT molecular complexity index is 177. The maximum atomic E-state index is 11.0. The lowest BCUT2D eigenvalue weighted by Crippen LogP contribution is -2.36. The van der Waals surface area contributed by atoms with Crippen molar-refractivity contribution in [2.45, 2.75) is 37.8 Å². The van der Waals surface area contributed by atoms with Crippen LogP contribution in [0.3, 0.4) is 0 Å². The van der Waals surface area contributed by atoms with Crippen LogP contribution >= 0.6 is 0 Å². The SMILES string of the molecule is CCOC(=O)C(N)CC1(O)CC1. The van der Waals surface area contributed by atoms with E-state index < -0.39 is 17.6 Å². The van der Waals surface area contributed by atoms with E-state index in [1.807, 2.05) is 0 Å². The summed E-state index contributed by atoms with van der Waals surface area (Å²) in [6, 6.07) is -0.669. The van der Waals surface area contributed by atoms with Gasteiger partial charge in [-0.2, -0.15) is 0 Å². The predicted molar refractivity (Wildman–Crippen MR) is 43.4 cm³/mol. The summed E-state index contributed by atoms with van der Waals surface area (Å²) in [5.41, 5.74) is 4.82. The lowest BCUT2D eigenvalue weighted by Gasteiger charge is -2.13. The second-order valence-corrected chi connectivity index (χ2v) is 3.29. The number of carbonyl (C=O) groups is 1. The van der Waals surface area contributed by atoms with E-state index in [0.717, 1.165) is 12.8 Å². The predicted octanol–water partition coefficient (Wildman–Crippen LogP) is -0.208. The minimum Gasteiger partial charge on any atom is -0.465 e. The second kappa shape index (κ2) is 3.41. The van der Waals surface area contributed by atoms with Gasteiger partial charge in [-0.25, -0.2) is 0 Å². The van der Waals surface area contributed by atoms with Gasteiger partial charge in [0, 0.05) is 6.42 Å². The molecule has 12 heavy (non-hydrogen) atoms. The van der Waals surface area contributed by atoms with Crippen LogP contribution in [0.25, 0.3) is 0 Å². The summed E-state index contributed by atoms with van der Waals surface area (Å²) >= 11 is 0. The van der Waals surface area contributed by atoms with Crippen molar-refractivity contribution in [2.24, 2.45) is 5.73 Å². The highest BCUT2D eigenvalue weighted by Gasteiger charge is 2.42. The lowest BCUT2D eigenvalue weighted by molar-refractivity contribution is -0.145. The van der Waals surface area contributed by atoms with Crippen molar-refractivity contribution in [1.82, 2.24) is 0 Å². The summed E-state index contributed by atoms with van der Waals surface area (Å²) in [5, 5.41) is 9.43. The molecule has 3 N–H and O–H groups in total. The maximum Gasteiger partial charge on any atom is 0.323 e. The van der Waals surface area contributed by atoms with Crippen LogP contribution in [0.5, 0.6) is 0 Å². The fourth-order valence-corrected chi connectivity index (χ4v) is 1.09.